The number of morpholine rings is 1. The molecule has 2 heterocycles. The van der Waals surface area contributed by atoms with Crippen LogP contribution in [0.25, 0.3) is 0 Å². The molecule has 1 fully saturated rings. The van der Waals surface area contributed by atoms with E-state index in [9.17, 15) is 13.2 Å². The maximum atomic E-state index is 11.8. The minimum absolute atomic E-state index is 0.0670. The van der Waals surface area contributed by atoms with E-state index < -0.39 is 15.4 Å². The number of ether oxygens (including phenoxy) is 1. The standard InChI is InChI=1S/C12H16N2O5S/c15-12(14-6-9-18-10-7-14)20(16,17)19-8-3-11-1-4-13-5-2-11/h1-2,4-5H,3,6-10H2. The largest absolute Gasteiger partial charge is 0.378 e. The highest BCUT2D eigenvalue weighted by molar-refractivity contribution is 8.01. The summed E-state index contributed by atoms with van der Waals surface area (Å²) in [4.78, 5) is 16.9. The summed E-state index contributed by atoms with van der Waals surface area (Å²) in [6, 6.07) is 3.53. The lowest BCUT2D eigenvalue weighted by Gasteiger charge is -2.25. The molecule has 0 spiro atoms. The monoisotopic (exact) mass is 300 g/mol. The summed E-state index contributed by atoms with van der Waals surface area (Å²) in [6.45, 7) is 1.16. The van der Waals surface area contributed by atoms with Crippen molar-refractivity contribution in [1.29, 1.82) is 0 Å². The molecule has 0 N–H and O–H groups in total. The van der Waals surface area contributed by atoms with Gasteiger partial charge in [-0.25, -0.2) is 0 Å². The van der Waals surface area contributed by atoms with Gasteiger partial charge in [-0.2, -0.15) is 8.42 Å². The minimum atomic E-state index is -4.21. The van der Waals surface area contributed by atoms with Crippen LogP contribution in [0.3, 0.4) is 0 Å². The zero-order chi connectivity index (χ0) is 14.4. The van der Waals surface area contributed by atoms with Crippen LogP contribution in [-0.2, 0) is 25.5 Å². The highest BCUT2D eigenvalue weighted by Crippen LogP contribution is 2.07. The van der Waals surface area contributed by atoms with Crippen LogP contribution in [0.15, 0.2) is 24.5 Å². The van der Waals surface area contributed by atoms with E-state index >= 15 is 0 Å². The molecule has 2 rings (SSSR count). The van der Waals surface area contributed by atoms with Gasteiger partial charge in [-0.1, -0.05) is 0 Å². The molecule has 0 aliphatic carbocycles. The van der Waals surface area contributed by atoms with Crippen LogP contribution >= 0.6 is 0 Å². The predicted octanol–water partition coefficient (Wildman–Crippen LogP) is 0.423. The number of rotatable bonds is 4. The third-order valence-electron chi connectivity index (χ3n) is 2.86. The molecule has 1 aromatic rings. The van der Waals surface area contributed by atoms with Crippen LogP contribution in [0.4, 0.5) is 4.79 Å². The predicted molar refractivity (Wildman–Crippen MR) is 70.6 cm³/mol. The van der Waals surface area contributed by atoms with Gasteiger partial charge in [0.1, 0.15) is 0 Å². The number of carbonyl (C=O) groups is 1. The van der Waals surface area contributed by atoms with Gasteiger partial charge in [0.05, 0.1) is 19.8 Å². The second kappa shape index (κ2) is 6.78. The van der Waals surface area contributed by atoms with Crippen LogP contribution in [-0.4, -0.2) is 56.5 Å². The van der Waals surface area contributed by atoms with E-state index in [1.54, 1.807) is 24.5 Å². The summed E-state index contributed by atoms with van der Waals surface area (Å²) in [7, 11) is -4.21. The second-order valence-corrected chi connectivity index (χ2v) is 5.74. The Balaban J connectivity index is 1.85. The quantitative estimate of drug-likeness (QED) is 0.749. The number of pyridine rings is 1. The third kappa shape index (κ3) is 3.99. The van der Waals surface area contributed by atoms with Gasteiger partial charge in [0, 0.05) is 25.5 Å². The van der Waals surface area contributed by atoms with E-state index in [1.807, 2.05) is 0 Å². The molecule has 1 amide bonds. The van der Waals surface area contributed by atoms with E-state index in [1.165, 1.54) is 4.90 Å². The number of nitrogens with zero attached hydrogens (tertiary/aromatic N) is 2. The average Bonchev–Trinajstić information content (AvgIpc) is 2.48. The fraction of sp³-hybridized carbons (Fsp3) is 0.500. The Bertz CT molecular complexity index is 540. The van der Waals surface area contributed by atoms with Gasteiger partial charge in [0.25, 0.3) is 0 Å². The summed E-state index contributed by atoms with van der Waals surface area (Å²) in [5.74, 6) is 0. The first-order chi connectivity index (χ1) is 9.59. The fourth-order valence-corrected chi connectivity index (χ4v) is 2.68. The molecule has 7 nitrogen and oxygen atoms in total. The van der Waals surface area contributed by atoms with E-state index in [-0.39, 0.29) is 19.7 Å². The molecule has 110 valence electrons. The normalized spacial score (nSPS) is 16.1. The number of aromatic nitrogens is 1. The molecule has 8 heteroatoms. The molecule has 0 aromatic carbocycles. The maximum absolute atomic E-state index is 11.8. The van der Waals surface area contributed by atoms with Crippen molar-refractivity contribution < 1.29 is 22.1 Å². The van der Waals surface area contributed by atoms with Crippen molar-refractivity contribution in [3.63, 3.8) is 0 Å². The first-order valence-electron chi connectivity index (χ1n) is 6.24. The van der Waals surface area contributed by atoms with Gasteiger partial charge in [-0.15, -0.1) is 0 Å². The Kier molecular flexibility index (Phi) is 5.05. The molecule has 0 atom stereocenters. The SMILES string of the molecule is O=C(N1CCOCC1)S(=O)(=O)OCCc1ccncc1. The molecular formula is C12H16N2O5S. The molecule has 1 saturated heterocycles. The Labute approximate surface area is 117 Å². The Morgan fingerprint density at radius 1 is 1.30 bits per heavy atom. The maximum Gasteiger partial charge on any atom is 0.366 e. The summed E-state index contributed by atoms with van der Waals surface area (Å²) < 4.78 is 33.3. The van der Waals surface area contributed by atoms with Crippen LogP contribution in [0.1, 0.15) is 5.56 Å². The zero-order valence-corrected chi connectivity index (χ0v) is 11.7. The first kappa shape index (κ1) is 14.9. The topological polar surface area (TPSA) is 85.8 Å². The molecule has 1 aliphatic heterocycles. The molecular weight excluding hydrogens is 284 g/mol. The van der Waals surface area contributed by atoms with Crippen LogP contribution in [0.5, 0.6) is 0 Å². The average molecular weight is 300 g/mol. The van der Waals surface area contributed by atoms with Gasteiger partial charge >= 0.3 is 15.4 Å². The van der Waals surface area contributed by atoms with Gasteiger partial charge < -0.3 is 9.64 Å². The van der Waals surface area contributed by atoms with Crippen molar-refractivity contribution in [2.45, 2.75) is 6.42 Å². The van der Waals surface area contributed by atoms with Crippen LogP contribution in [0, 0.1) is 0 Å². The van der Waals surface area contributed by atoms with Crippen molar-refractivity contribution in [2.24, 2.45) is 0 Å². The fourth-order valence-electron chi connectivity index (χ4n) is 1.77. The first-order valence-corrected chi connectivity index (χ1v) is 7.65. The second-order valence-electron chi connectivity index (χ2n) is 4.25. The zero-order valence-electron chi connectivity index (χ0n) is 10.9. The Morgan fingerprint density at radius 2 is 1.95 bits per heavy atom. The van der Waals surface area contributed by atoms with Crippen molar-refractivity contribution in [1.82, 2.24) is 9.88 Å². The lowest BCUT2D eigenvalue weighted by atomic mass is 10.2. The lowest BCUT2D eigenvalue weighted by molar-refractivity contribution is 0.0582. The smallest absolute Gasteiger partial charge is 0.366 e. The Morgan fingerprint density at radius 3 is 2.60 bits per heavy atom. The highest BCUT2D eigenvalue weighted by atomic mass is 32.2. The molecule has 0 bridgehead atoms. The molecule has 0 radical (unpaired) electrons. The summed E-state index contributed by atoms with van der Waals surface area (Å²) in [5.41, 5.74) is 0.897. The molecule has 0 unspecified atom stereocenters. The van der Waals surface area contributed by atoms with Gasteiger partial charge in [0.2, 0.25) is 0 Å². The number of amides is 1. The number of hydrogen-bond acceptors (Lipinski definition) is 6. The van der Waals surface area contributed by atoms with Crippen LogP contribution < -0.4 is 0 Å². The van der Waals surface area contributed by atoms with Gasteiger partial charge in [-0.05, 0) is 24.1 Å². The Hall–Kier alpha value is -1.51. The summed E-state index contributed by atoms with van der Waals surface area (Å²) in [5, 5.41) is -0.990. The molecule has 0 saturated carbocycles. The van der Waals surface area contributed by atoms with Crippen molar-refractivity contribution in [2.75, 3.05) is 32.9 Å². The van der Waals surface area contributed by atoms with E-state index in [0.717, 1.165) is 5.56 Å². The van der Waals surface area contributed by atoms with E-state index in [2.05, 4.69) is 4.98 Å². The number of carbonyl (C=O) groups excluding carboxylic acids is 1. The van der Waals surface area contributed by atoms with E-state index in [0.29, 0.717) is 19.6 Å². The van der Waals surface area contributed by atoms with Gasteiger partial charge in [0.15, 0.2) is 0 Å². The molecule has 1 aliphatic rings. The minimum Gasteiger partial charge on any atom is -0.378 e. The van der Waals surface area contributed by atoms with Crippen molar-refractivity contribution in [3.05, 3.63) is 30.1 Å². The van der Waals surface area contributed by atoms with Crippen molar-refractivity contribution in [3.8, 4) is 0 Å². The van der Waals surface area contributed by atoms with Crippen LogP contribution in [0.2, 0.25) is 0 Å². The third-order valence-corrected chi connectivity index (χ3v) is 4.02. The molecule has 20 heavy (non-hydrogen) atoms. The van der Waals surface area contributed by atoms with Crippen molar-refractivity contribution >= 4 is 15.4 Å². The number of hydrogen-bond donors (Lipinski definition) is 0. The summed E-state index contributed by atoms with van der Waals surface area (Å²) >= 11 is 0. The lowest BCUT2D eigenvalue weighted by Crippen LogP contribution is -2.43. The summed E-state index contributed by atoms with van der Waals surface area (Å²) in [6.07, 6.45) is 3.63. The van der Waals surface area contributed by atoms with E-state index in [4.69, 9.17) is 8.92 Å². The molecule has 1 aromatic heterocycles. The highest BCUT2D eigenvalue weighted by Gasteiger charge is 2.30. The van der Waals surface area contributed by atoms with Gasteiger partial charge in [-0.3, -0.25) is 14.0 Å².